The highest BCUT2D eigenvalue weighted by atomic mass is 35.5. The summed E-state index contributed by atoms with van der Waals surface area (Å²) in [4.78, 5) is 14.1. The maximum atomic E-state index is 13.4. The molecule has 130 valence electrons. The number of amides is 1. The van der Waals surface area contributed by atoms with Crippen molar-refractivity contribution in [3.05, 3.63) is 35.1 Å². The van der Waals surface area contributed by atoms with Gasteiger partial charge in [0.2, 0.25) is 5.91 Å². The average molecular weight is 344 g/mol. The van der Waals surface area contributed by atoms with Crippen molar-refractivity contribution in [3.8, 4) is 0 Å². The van der Waals surface area contributed by atoms with Crippen LogP contribution in [0.3, 0.4) is 0 Å². The van der Waals surface area contributed by atoms with E-state index < -0.39 is 0 Å². The maximum absolute atomic E-state index is 13.4. The first-order chi connectivity index (χ1) is 10.5. The first kappa shape index (κ1) is 19.9. The van der Waals surface area contributed by atoms with Gasteiger partial charge >= 0.3 is 0 Å². The Morgan fingerprint density at radius 2 is 2.09 bits per heavy atom. The van der Waals surface area contributed by atoms with Crippen molar-refractivity contribution in [2.75, 3.05) is 19.6 Å². The number of hydrogen-bond donors (Lipinski definition) is 2. The van der Waals surface area contributed by atoms with E-state index in [4.69, 9.17) is 5.73 Å². The van der Waals surface area contributed by atoms with E-state index in [1.807, 2.05) is 13.0 Å². The summed E-state index contributed by atoms with van der Waals surface area (Å²) in [5.41, 5.74) is 7.32. The Labute approximate surface area is 144 Å². The van der Waals surface area contributed by atoms with Crippen molar-refractivity contribution >= 4 is 18.3 Å². The lowest BCUT2D eigenvalue weighted by atomic mass is 9.91. The summed E-state index contributed by atoms with van der Waals surface area (Å²) in [6.07, 6.45) is 2.10. The number of nitrogens with zero attached hydrogens (tertiary/aromatic N) is 1. The molecule has 1 fully saturated rings. The van der Waals surface area contributed by atoms with E-state index in [1.54, 1.807) is 13.0 Å². The third-order valence-electron chi connectivity index (χ3n) is 4.47. The van der Waals surface area contributed by atoms with Crippen molar-refractivity contribution in [2.45, 2.75) is 39.3 Å². The van der Waals surface area contributed by atoms with Gasteiger partial charge in [-0.1, -0.05) is 12.1 Å². The monoisotopic (exact) mass is 343 g/mol. The van der Waals surface area contributed by atoms with Gasteiger partial charge in [0, 0.05) is 12.6 Å². The first-order valence-corrected chi connectivity index (χ1v) is 7.95. The molecular weight excluding hydrogens is 317 g/mol. The Balaban J connectivity index is 0.00000264. The second-order valence-corrected chi connectivity index (χ2v) is 6.33. The molecule has 23 heavy (non-hydrogen) atoms. The second-order valence-electron chi connectivity index (χ2n) is 6.33. The molecule has 0 aromatic heterocycles. The minimum atomic E-state index is -0.232. The quantitative estimate of drug-likeness (QED) is 0.862. The zero-order valence-corrected chi connectivity index (χ0v) is 14.7. The van der Waals surface area contributed by atoms with E-state index in [-0.39, 0.29) is 30.2 Å². The van der Waals surface area contributed by atoms with E-state index in [2.05, 4.69) is 10.2 Å². The summed E-state index contributed by atoms with van der Waals surface area (Å²) in [5, 5.41) is 2.85. The number of nitrogens with two attached hydrogens (primary N) is 1. The fourth-order valence-corrected chi connectivity index (χ4v) is 2.84. The van der Waals surface area contributed by atoms with Gasteiger partial charge in [0.25, 0.3) is 0 Å². The van der Waals surface area contributed by atoms with E-state index in [1.165, 1.54) is 6.07 Å². The number of benzene rings is 1. The lowest BCUT2D eigenvalue weighted by Crippen LogP contribution is -2.44. The zero-order valence-electron chi connectivity index (χ0n) is 13.8. The lowest BCUT2D eigenvalue weighted by Gasteiger charge is -2.33. The van der Waals surface area contributed by atoms with Gasteiger partial charge in [-0.15, -0.1) is 12.4 Å². The predicted molar refractivity (Wildman–Crippen MR) is 93.0 cm³/mol. The van der Waals surface area contributed by atoms with E-state index >= 15 is 0 Å². The van der Waals surface area contributed by atoms with Gasteiger partial charge in [0.1, 0.15) is 5.82 Å². The number of carbonyl (C=O) groups excluding carboxylic acids is 1. The molecule has 1 atom stereocenters. The Morgan fingerprint density at radius 1 is 1.43 bits per heavy atom. The fraction of sp³-hybridized carbons (Fsp3) is 0.588. The van der Waals surface area contributed by atoms with Gasteiger partial charge in [-0.2, -0.15) is 0 Å². The SMILES string of the molecule is Cc1ccc(CNC(=O)CN2CCC(C(C)N)CC2)cc1F.Cl. The molecule has 1 heterocycles. The summed E-state index contributed by atoms with van der Waals surface area (Å²) in [6, 6.07) is 5.28. The summed E-state index contributed by atoms with van der Waals surface area (Å²) in [7, 11) is 0. The van der Waals surface area contributed by atoms with Crippen LogP contribution in [0.5, 0.6) is 0 Å². The molecular formula is C17H27ClFN3O. The number of nitrogens with one attached hydrogen (secondary N) is 1. The van der Waals surface area contributed by atoms with Gasteiger partial charge in [0.15, 0.2) is 0 Å². The van der Waals surface area contributed by atoms with Gasteiger partial charge in [-0.25, -0.2) is 4.39 Å². The van der Waals surface area contributed by atoms with Crippen LogP contribution in [0.1, 0.15) is 30.9 Å². The summed E-state index contributed by atoms with van der Waals surface area (Å²) in [5.74, 6) is 0.319. The Kier molecular flexibility index (Phi) is 7.95. The van der Waals surface area contributed by atoms with E-state index in [0.29, 0.717) is 24.6 Å². The summed E-state index contributed by atoms with van der Waals surface area (Å²) in [6.45, 7) is 6.38. The van der Waals surface area contributed by atoms with E-state index in [0.717, 1.165) is 31.5 Å². The number of halogens is 2. The number of carbonyl (C=O) groups is 1. The molecule has 4 nitrogen and oxygen atoms in total. The molecule has 0 radical (unpaired) electrons. The minimum Gasteiger partial charge on any atom is -0.351 e. The van der Waals surface area contributed by atoms with Crippen molar-refractivity contribution in [3.63, 3.8) is 0 Å². The van der Waals surface area contributed by atoms with Gasteiger partial charge in [-0.3, -0.25) is 9.69 Å². The van der Waals surface area contributed by atoms with Crippen LogP contribution >= 0.6 is 12.4 Å². The van der Waals surface area contributed by atoms with Crippen molar-refractivity contribution in [1.29, 1.82) is 0 Å². The van der Waals surface area contributed by atoms with Crippen molar-refractivity contribution in [1.82, 2.24) is 10.2 Å². The van der Waals surface area contributed by atoms with Crippen LogP contribution in [-0.2, 0) is 11.3 Å². The topological polar surface area (TPSA) is 58.4 Å². The van der Waals surface area contributed by atoms with Gasteiger partial charge in [0.05, 0.1) is 6.54 Å². The minimum absolute atomic E-state index is 0. The normalized spacial score (nSPS) is 17.4. The van der Waals surface area contributed by atoms with Crippen LogP contribution in [0.4, 0.5) is 4.39 Å². The largest absolute Gasteiger partial charge is 0.351 e. The highest BCUT2D eigenvalue weighted by Gasteiger charge is 2.22. The van der Waals surface area contributed by atoms with Crippen LogP contribution in [0.15, 0.2) is 18.2 Å². The molecule has 1 unspecified atom stereocenters. The van der Waals surface area contributed by atoms with Gasteiger partial charge in [-0.05, 0) is 62.9 Å². The fourth-order valence-electron chi connectivity index (χ4n) is 2.84. The van der Waals surface area contributed by atoms with Crippen LogP contribution in [-0.4, -0.2) is 36.5 Å². The number of hydrogen-bond acceptors (Lipinski definition) is 3. The molecule has 0 aliphatic carbocycles. The summed E-state index contributed by atoms with van der Waals surface area (Å²) >= 11 is 0. The van der Waals surface area contributed by atoms with Crippen LogP contribution in [0, 0.1) is 18.7 Å². The van der Waals surface area contributed by atoms with Crippen molar-refractivity contribution in [2.24, 2.45) is 11.7 Å². The molecule has 6 heteroatoms. The predicted octanol–water partition coefficient (Wildman–Crippen LogP) is 2.23. The molecule has 1 aromatic rings. The van der Waals surface area contributed by atoms with Crippen LogP contribution < -0.4 is 11.1 Å². The third kappa shape index (κ3) is 6.09. The molecule has 1 aliphatic heterocycles. The number of piperidine rings is 1. The lowest BCUT2D eigenvalue weighted by molar-refractivity contribution is -0.122. The second kappa shape index (κ2) is 9.21. The molecule has 0 spiro atoms. The van der Waals surface area contributed by atoms with Gasteiger partial charge < -0.3 is 11.1 Å². The van der Waals surface area contributed by atoms with Crippen LogP contribution in [0.25, 0.3) is 0 Å². The molecule has 0 bridgehead atoms. The molecule has 1 amide bonds. The first-order valence-electron chi connectivity index (χ1n) is 7.95. The summed E-state index contributed by atoms with van der Waals surface area (Å²) < 4.78 is 13.4. The zero-order chi connectivity index (χ0) is 16.1. The molecule has 0 saturated carbocycles. The molecule has 1 aromatic carbocycles. The standard InChI is InChI=1S/C17H26FN3O.ClH/c1-12-3-4-14(9-16(12)18)10-20-17(22)11-21-7-5-15(6-8-21)13(2)19;/h3-4,9,13,15H,5-8,10-11,19H2,1-2H3,(H,20,22);1H. The number of rotatable bonds is 5. The highest BCUT2D eigenvalue weighted by molar-refractivity contribution is 5.85. The third-order valence-corrected chi connectivity index (χ3v) is 4.47. The molecule has 1 aliphatic rings. The average Bonchev–Trinajstić information content (AvgIpc) is 2.49. The molecule has 3 N–H and O–H groups in total. The van der Waals surface area contributed by atoms with Crippen molar-refractivity contribution < 1.29 is 9.18 Å². The Morgan fingerprint density at radius 3 is 2.65 bits per heavy atom. The molecule has 1 saturated heterocycles. The highest BCUT2D eigenvalue weighted by Crippen LogP contribution is 2.19. The van der Waals surface area contributed by atoms with Crippen LogP contribution in [0.2, 0.25) is 0 Å². The van der Waals surface area contributed by atoms with E-state index in [9.17, 15) is 9.18 Å². The Hall–Kier alpha value is -1.17. The smallest absolute Gasteiger partial charge is 0.234 e. The Bertz CT molecular complexity index is 517. The maximum Gasteiger partial charge on any atom is 0.234 e. The number of likely N-dealkylation sites (tertiary alicyclic amines) is 1. The number of aryl methyl sites for hydroxylation is 1. The molecule has 2 rings (SSSR count).